The molecule has 1 unspecified atom stereocenters. The molecule has 0 bridgehead atoms. The molecule has 1 fully saturated rings. The van der Waals surface area contributed by atoms with E-state index in [9.17, 15) is 14.4 Å². The number of rotatable bonds is 3. The van der Waals surface area contributed by atoms with Crippen molar-refractivity contribution in [1.29, 1.82) is 0 Å². The third-order valence-corrected chi connectivity index (χ3v) is 3.04. The summed E-state index contributed by atoms with van der Waals surface area (Å²) in [5.74, 6) is -1.60. The molecule has 0 radical (unpaired) electrons. The summed E-state index contributed by atoms with van der Waals surface area (Å²) in [7, 11) is 0. The Kier molecular flexibility index (Phi) is 3.50. The number of benzene rings is 1. The zero-order valence-electron chi connectivity index (χ0n) is 10.4. The Hall–Kier alpha value is -2.37. The predicted octanol–water partition coefficient (Wildman–Crippen LogP) is 0.910. The summed E-state index contributed by atoms with van der Waals surface area (Å²) in [6, 6.07) is 4.31. The summed E-state index contributed by atoms with van der Waals surface area (Å²) in [5.41, 5.74) is 1.51. The minimum Gasteiger partial charge on any atom is -0.478 e. The largest absolute Gasteiger partial charge is 0.478 e. The lowest BCUT2D eigenvalue weighted by Crippen LogP contribution is -2.47. The first kappa shape index (κ1) is 13.1. The van der Waals surface area contributed by atoms with E-state index in [4.69, 9.17) is 5.11 Å². The minimum atomic E-state index is -0.981. The summed E-state index contributed by atoms with van der Waals surface area (Å²) < 4.78 is 0. The molecule has 1 heterocycles. The maximum absolute atomic E-state index is 11.6. The Morgan fingerprint density at radius 3 is 2.74 bits per heavy atom. The van der Waals surface area contributed by atoms with E-state index in [1.54, 1.807) is 19.1 Å². The minimum absolute atomic E-state index is 0.230. The van der Waals surface area contributed by atoms with E-state index >= 15 is 0 Å². The highest BCUT2D eigenvalue weighted by molar-refractivity contribution is 6.01. The number of amides is 2. The van der Waals surface area contributed by atoms with Gasteiger partial charge in [-0.05, 0) is 37.1 Å². The molecule has 2 rings (SSSR count). The molecule has 1 aliphatic heterocycles. The molecule has 6 heteroatoms. The van der Waals surface area contributed by atoms with Gasteiger partial charge in [0.25, 0.3) is 0 Å². The second kappa shape index (κ2) is 5.09. The number of aromatic carboxylic acids is 1. The quantitative estimate of drug-likeness (QED) is 0.704. The lowest BCUT2D eigenvalue weighted by atomic mass is 10.0. The molecular formula is C13H14N2O4. The first-order valence-corrected chi connectivity index (χ1v) is 5.91. The molecule has 100 valence electrons. The van der Waals surface area contributed by atoms with Crippen LogP contribution in [-0.2, 0) is 9.59 Å². The molecular weight excluding hydrogens is 248 g/mol. The second-order valence-electron chi connectivity index (χ2n) is 4.48. The molecule has 0 saturated carbocycles. The number of hydrogen-bond acceptors (Lipinski definition) is 4. The zero-order valence-corrected chi connectivity index (χ0v) is 10.4. The maximum Gasteiger partial charge on any atom is 0.335 e. The van der Waals surface area contributed by atoms with Crippen molar-refractivity contribution in [3.05, 3.63) is 29.3 Å². The monoisotopic (exact) mass is 262 g/mol. The van der Waals surface area contributed by atoms with E-state index in [0.29, 0.717) is 24.1 Å². The van der Waals surface area contributed by atoms with Gasteiger partial charge in [0.1, 0.15) is 6.04 Å². The molecule has 2 amide bonds. The third-order valence-electron chi connectivity index (χ3n) is 3.04. The van der Waals surface area contributed by atoms with Gasteiger partial charge in [-0.2, -0.15) is 0 Å². The van der Waals surface area contributed by atoms with E-state index in [1.807, 2.05) is 0 Å². The van der Waals surface area contributed by atoms with Crippen molar-refractivity contribution in [3.8, 4) is 0 Å². The Morgan fingerprint density at radius 2 is 2.16 bits per heavy atom. The van der Waals surface area contributed by atoms with E-state index in [1.165, 1.54) is 6.07 Å². The Bertz CT molecular complexity index is 554. The number of imide groups is 1. The van der Waals surface area contributed by atoms with Gasteiger partial charge in [0.15, 0.2) is 0 Å². The molecule has 1 aromatic rings. The van der Waals surface area contributed by atoms with Gasteiger partial charge in [-0.25, -0.2) is 4.79 Å². The van der Waals surface area contributed by atoms with E-state index in [2.05, 4.69) is 10.6 Å². The second-order valence-corrected chi connectivity index (χ2v) is 4.48. The van der Waals surface area contributed by atoms with E-state index < -0.39 is 12.0 Å². The normalized spacial score (nSPS) is 18.9. The summed E-state index contributed by atoms with van der Waals surface area (Å²) in [6.45, 7) is 1.69. The van der Waals surface area contributed by atoms with Crippen molar-refractivity contribution in [2.24, 2.45) is 0 Å². The Labute approximate surface area is 109 Å². The van der Waals surface area contributed by atoms with E-state index in [0.717, 1.165) is 0 Å². The number of carboxylic acid groups (broad SMARTS) is 1. The van der Waals surface area contributed by atoms with Crippen LogP contribution in [0.5, 0.6) is 0 Å². The average molecular weight is 262 g/mol. The maximum atomic E-state index is 11.6. The van der Waals surface area contributed by atoms with Crippen LogP contribution in [0.15, 0.2) is 18.2 Å². The fraction of sp³-hybridized carbons (Fsp3) is 0.308. The first-order valence-electron chi connectivity index (χ1n) is 5.91. The Balaban J connectivity index is 2.11. The van der Waals surface area contributed by atoms with Crippen molar-refractivity contribution in [2.45, 2.75) is 25.8 Å². The number of hydrogen-bond donors (Lipinski definition) is 3. The molecule has 1 saturated heterocycles. The van der Waals surface area contributed by atoms with Crippen molar-refractivity contribution in [2.75, 3.05) is 5.32 Å². The van der Waals surface area contributed by atoms with Gasteiger partial charge in [0.2, 0.25) is 11.8 Å². The highest BCUT2D eigenvalue weighted by atomic mass is 16.4. The number of carbonyl (C=O) groups is 3. The lowest BCUT2D eigenvalue weighted by Gasteiger charge is -2.23. The lowest BCUT2D eigenvalue weighted by molar-refractivity contribution is -0.133. The van der Waals surface area contributed by atoms with Gasteiger partial charge in [0, 0.05) is 12.1 Å². The standard InChI is InChI=1S/C13H14N2O4/c1-7-6-8(2-3-9(7)13(18)19)14-10-4-5-11(16)15-12(10)17/h2-3,6,10,14H,4-5H2,1H3,(H,18,19)(H,15,16,17). The number of nitrogens with one attached hydrogen (secondary N) is 2. The molecule has 0 aromatic heterocycles. The zero-order chi connectivity index (χ0) is 14.0. The highest BCUT2D eigenvalue weighted by Crippen LogP contribution is 2.18. The topological polar surface area (TPSA) is 95.5 Å². The van der Waals surface area contributed by atoms with Crippen molar-refractivity contribution in [1.82, 2.24) is 5.32 Å². The molecule has 1 aromatic carbocycles. The van der Waals surface area contributed by atoms with Crippen LogP contribution in [0.3, 0.4) is 0 Å². The molecule has 0 spiro atoms. The van der Waals surface area contributed by atoms with Gasteiger partial charge in [-0.15, -0.1) is 0 Å². The van der Waals surface area contributed by atoms with Crippen molar-refractivity contribution >= 4 is 23.5 Å². The van der Waals surface area contributed by atoms with Crippen LogP contribution in [-0.4, -0.2) is 28.9 Å². The van der Waals surface area contributed by atoms with Crippen LogP contribution in [0.25, 0.3) is 0 Å². The number of anilines is 1. The number of aryl methyl sites for hydroxylation is 1. The van der Waals surface area contributed by atoms with Gasteiger partial charge in [-0.1, -0.05) is 0 Å². The number of piperidine rings is 1. The smallest absolute Gasteiger partial charge is 0.335 e. The Morgan fingerprint density at radius 1 is 1.42 bits per heavy atom. The average Bonchev–Trinajstić information content (AvgIpc) is 2.32. The molecule has 6 nitrogen and oxygen atoms in total. The van der Waals surface area contributed by atoms with E-state index in [-0.39, 0.29) is 17.4 Å². The molecule has 19 heavy (non-hydrogen) atoms. The fourth-order valence-corrected chi connectivity index (χ4v) is 2.03. The molecule has 3 N–H and O–H groups in total. The van der Waals surface area contributed by atoms with Gasteiger partial charge >= 0.3 is 5.97 Å². The number of carbonyl (C=O) groups excluding carboxylic acids is 2. The molecule has 1 aliphatic rings. The van der Waals surface area contributed by atoms with Crippen molar-refractivity contribution in [3.63, 3.8) is 0 Å². The third kappa shape index (κ3) is 2.90. The summed E-state index contributed by atoms with van der Waals surface area (Å²) in [4.78, 5) is 33.5. The highest BCUT2D eigenvalue weighted by Gasteiger charge is 2.26. The first-order chi connectivity index (χ1) is 8.97. The van der Waals surface area contributed by atoms with Gasteiger partial charge in [-0.3, -0.25) is 14.9 Å². The van der Waals surface area contributed by atoms with Crippen LogP contribution < -0.4 is 10.6 Å². The van der Waals surface area contributed by atoms with Gasteiger partial charge in [0.05, 0.1) is 5.56 Å². The fourth-order valence-electron chi connectivity index (χ4n) is 2.03. The van der Waals surface area contributed by atoms with Crippen molar-refractivity contribution < 1.29 is 19.5 Å². The van der Waals surface area contributed by atoms with Crippen LogP contribution in [0.1, 0.15) is 28.8 Å². The number of carboxylic acids is 1. The SMILES string of the molecule is Cc1cc(NC2CCC(=O)NC2=O)ccc1C(=O)O. The molecule has 1 atom stereocenters. The van der Waals surface area contributed by atoms with Gasteiger partial charge < -0.3 is 10.4 Å². The molecule has 0 aliphatic carbocycles. The van der Waals surface area contributed by atoms with Crippen LogP contribution in [0.4, 0.5) is 5.69 Å². The summed E-state index contributed by atoms with van der Waals surface area (Å²) in [5, 5.41) is 14.2. The van der Waals surface area contributed by atoms with Crippen LogP contribution in [0, 0.1) is 6.92 Å². The van der Waals surface area contributed by atoms with Crippen LogP contribution in [0.2, 0.25) is 0 Å². The predicted molar refractivity (Wildman–Crippen MR) is 67.9 cm³/mol. The summed E-state index contributed by atoms with van der Waals surface area (Å²) >= 11 is 0. The van der Waals surface area contributed by atoms with Crippen LogP contribution >= 0.6 is 0 Å². The summed E-state index contributed by atoms with van der Waals surface area (Å²) in [6.07, 6.45) is 0.736.